The Labute approximate surface area is 460 Å². The first kappa shape index (κ1) is 65.1. The van der Waals surface area contributed by atoms with E-state index in [1.54, 1.807) is 0 Å². The van der Waals surface area contributed by atoms with Crippen molar-refractivity contribution in [3.63, 3.8) is 0 Å². The van der Waals surface area contributed by atoms with E-state index in [1.807, 2.05) is 0 Å². The monoisotopic (exact) mass is 1260 g/mol. The molecule has 448 valence electrons. The van der Waals surface area contributed by atoms with Gasteiger partial charge in [0.05, 0.1) is 31.7 Å². The van der Waals surface area contributed by atoms with Crippen molar-refractivity contribution in [2.75, 3.05) is 44.0 Å². The van der Waals surface area contributed by atoms with E-state index in [9.17, 15) is 67.0 Å². The zero-order chi connectivity index (χ0) is 58.4. The van der Waals surface area contributed by atoms with Gasteiger partial charge in [0.25, 0.3) is 11.5 Å². The summed E-state index contributed by atoms with van der Waals surface area (Å²) in [7, 11) is -19.5. The van der Waals surface area contributed by atoms with E-state index in [0.717, 1.165) is 62.4 Å². The van der Waals surface area contributed by atoms with E-state index in [-0.39, 0.29) is 86.0 Å². The summed E-state index contributed by atoms with van der Waals surface area (Å²) < 4.78 is 81.9. The summed E-state index contributed by atoms with van der Waals surface area (Å²) in [6.45, 7) is -1.76. The van der Waals surface area contributed by atoms with Crippen LogP contribution in [0.3, 0.4) is 0 Å². The number of fused-ring (bicyclic) bond motifs is 1. The van der Waals surface area contributed by atoms with Gasteiger partial charge in [-0.05, 0) is 25.7 Å². The van der Waals surface area contributed by atoms with Crippen molar-refractivity contribution in [2.45, 2.75) is 119 Å². The fraction of sp³-hybridized carbons (Fsp3) is 0.667. The average molecular weight is 1260 g/mol. The Kier molecular flexibility index (Phi) is 24.0. The van der Waals surface area contributed by atoms with Crippen molar-refractivity contribution in [1.82, 2.24) is 44.6 Å². The van der Waals surface area contributed by atoms with Crippen molar-refractivity contribution in [2.24, 2.45) is 5.92 Å². The largest absolute Gasteiger partial charge is 0.490 e. The number of carbonyl (C=O) groups is 4. The van der Waals surface area contributed by atoms with Gasteiger partial charge < -0.3 is 69.7 Å². The van der Waals surface area contributed by atoms with Crippen molar-refractivity contribution < 1.29 is 109 Å². The molecule has 1 aliphatic carbocycles. The second-order valence-corrected chi connectivity index (χ2v) is 26.2. The van der Waals surface area contributed by atoms with Crippen LogP contribution < -0.4 is 32.5 Å². The molecule has 12 N–H and O–H groups in total. The third-order valence-corrected chi connectivity index (χ3v) is 18.8. The van der Waals surface area contributed by atoms with Gasteiger partial charge in [-0.1, -0.05) is 47.3 Å². The highest BCUT2D eigenvalue weighted by molar-refractivity contribution is 8.77. The number of carbonyl (C=O) groups excluding carboxylic acids is 4. The molecule has 5 heterocycles. The van der Waals surface area contributed by atoms with Gasteiger partial charge >= 0.3 is 43.1 Å². The highest BCUT2D eigenvalue weighted by atomic mass is 33.1. The highest BCUT2D eigenvalue weighted by Gasteiger charge is 2.43. The Morgan fingerprint density at radius 3 is 2.14 bits per heavy atom. The molecule has 0 spiro atoms. The van der Waals surface area contributed by atoms with Crippen molar-refractivity contribution >= 4 is 93.7 Å². The van der Waals surface area contributed by atoms with E-state index in [2.05, 4.69) is 53.9 Å². The molecule has 4 amide bonds. The van der Waals surface area contributed by atoms with Crippen LogP contribution in [0.15, 0.2) is 34.5 Å². The number of rotatable bonds is 30. The number of aliphatic hydroxyl groups excluding tert-OH is 2. The predicted octanol–water partition coefficient (Wildman–Crippen LogP) is 0.345. The van der Waals surface area contributed by atoms with Gasteiger partial charge in [0.15, 0.2) is 22.4 Å². The molecule has 3 fully saturated rings. The molecule has 0 radical (unpaired) electrons. The van der Waals surface area contributed by atoms with Crippen LogP contribution in [-0.4, -0.2) is 160 Å². The van der Waals surface area contributed by atoms with Gasteiger partial charge in [-0.25, -0.2) is 42.8 Å². The standard InChI is InChI=1S/C39H60N10O25P4S2/c50-24-17-30(71-26(24)19-69-75(58,59)60)48-13-10-29(53)47(39(48)57)14-12-40-28(52)9-5-2-6-11-41-36(55)37(46-35(54)23-7-3-1-4-8-23)80-79-16-15-68-38(56)45-33-32-34(43-21-42-33)49(22-44-32)31-18-25(51)27(72-31)20-70-77(64,65)74-78(66,67)73-76(61,62)63/h10,13,21-27,30-31,37,50-51H,1-9,11-12,14-20H2,(H,40,52)(H,41,55)(H,46,54)(H,64,65)(H,66,67)(H2,58,59,60)(H2,61,62,63)(H,42,43,45,56). The summed E-state index contributed by atoms with van der Waals surface area (Å²) in [5.74, 6) is -1.24. The molecular formula is C39H60N10O25P4S2. The maximum Gasteiger partial charge on any atom is 0.490 e. The zero-order valence-electron chi connectivity index (χ0n) is 42.0. The molecule has 9 atom stereocenters. The molecule has 3 aliphatic rings. The third kappa shape index (κ3) is 20.4. The minimum Gasteiger partial charge on any atom is -0.448 e. The summed E-state index contributed by atoms with van der Waals surface area (Å²) in [5, 5.41) is 30.6. The van der Waals surface area contributed by atoms with Crippen LogP contribution in [0.5, 0.6) is 0 Å². The maximum absolute atomic E-state index is 13.4. The molecule has 41 heteroatoms. The molecule has 35 nitrogen and oxygen atoms in total. The van der Waals surface area contributed by atoms with Crippen LogP contribution in [0, 0.1) is 5.92 Å². The second kappa shape index (κ2) is 29.5. The van der Waals surface area contributed by atoms with Gasteiger partial charge in [0, 0.05) is 62.8 Å². The molecule has 2 aliphatic heterocycles. The van der Waals surface area contributed by atoms with E-state index in [0.29, 0.717) is 32.1 Å². The number of amides is 4. The summed E-state index contributed by atoms with van der Waals surface area (Å²) in [4.78, 5) is 145. The summed E-state index contributed by atoms with van der Waals surface area (Å²) in [6, 6.07) is 1.10. The fourth-order valence-corrected chi connectivity index (χ4v) is 13.7. The summed E-state index contributed by atoms with van der Waals surface area (Å²) in [6.07, 6.45) is 0.778. The molecule has 2 saturated heterocycles. The lowest BCUT2D eigenvalue weighted by atomic mass is 9.89. The number of unbranched alkanes of at least 4 members (excludes halogenated alkanes) is 2. The SMILES string of the molecule is O=C(CCCCCNC(=O)C(NC(=O)C1CCCCC1)SSCCOC(=O)Nc1ncnc2c1ncn2C1CC(O)C(COP(=O)(O)OP(=O)(O)OP(=O)(O)O)O1)NCCn1c(=O)ccn(C2CC(O)C(COP(=O)(O)O)O2)c1=O. The maximum atomic E-state index is 13.4. The number of phosphoric ester groups is 2. The Bertz CT molecular complexity index is 2960. The number of hydrogen-bond donors (Lipinski definition) is 12. The smallest absolute Gasteiger partial charge is 0.448 e. The minimum atomic E-state index is -5.78. The third-order valence-electron chi connectivity index (χ3n) is 12.0. The zero-order valence-corrected chi connectivity index (χ0v) is 47.2. The second-order valence-electron chi connectivity index (χ2n) is 17.9. The molecular weight excluding hydrogens is 1200 g/mol. The lowest BCUT2D eigenvalue weighted by Crippen LogP contribution is -2.46. The first-order chi connectivity index (χ1) is 37.7. The number of aliphatic hydroxyl groups is 2. The van der Waals surface area contributed by atoms with Crippen LogP contribution in [0.2, 0.25) is 0 Å². The highest BCUT2D eigenvalue weighted by Crippen LogP contribution is 2.66. The lowest BCUT2D eigenvalue weighted by molar-refractivity contribution is -0.129. The number of phosphoric acid groups is 4. The summed E-state index contributed by atoms with van der Waals surface area (Å²) >= 11 is 0. The number of aromatic nitrogens is 6. The van der Waals surface area contributed by atoms with Gasteiger partial charge in [-0.3, -0.25) is 47.2 Å². The van der Waals surface area contributed by atoms with Crippen LogP contribution in [0.25, 0.3) is 11.2 Å². The van der Waals surface area contributed by atoms with E-state index in [1.165, 1.54) is 17.1 Å². The van der Waals surface area contributed by atoms with Crippen LogP contribution in [0.1, 0.15) is 83.1 Å². The number of anilines is 1. The number of imidazole rings is 1. The van der Waals surface area contributed by atoms with Gasteiger partial charge in [-0.2, -0.15) is 8.62 Å². The first-order valence-electron chi connectivity index (χ1n) is 24.4. The number of nitrogens with one attached hydrogen (secondary N) is 4. The minimum absolute atomic E-state index is 0.0542. The van der Waals surface area contributed by atoms with Gasteiger partial charge in [0.1, 0.15) is 37.6 Å². The van der Waals surface area contributed by atoms with E-state index < -0.39 is 110 Å². The molecule has 9 unspecified atom stereocenters. The molecule has 0 aromatic carbocycles. The molecule has 3 aromatic heterocycles. The van der Waals surface area contributed by atoms with Crippen molar-refractivity contribution in [1.29, 1.82) is 0 Å². The predicted molar refractivity (Wildman–Crippen MR) is 275 cm³/mol. The topological polar surface area (TPSA) is 499 Å². The van der Waals surface area contributed by atoms with E-state index in [4.69, 9.17) is 33.8 Å². The quantitative estimate of drug-likeness (QED) is 0.0185. The number of ether oxygens (including phenoxy) is 3. The van der Waals surface area contributed by atoms with Crippen molar-refractivity contribution in [3.05, 3.63) is 45.8 Å². The molecule has 6 rings (SSSR count). The summed E-state index contributed by atoms with van der Waals surface area (Å²) in [5.41, 5.74) is -1.30. The van der Waals surface area contributed by atoms with Crippen LogP contribution in [-0.2, 0) is 71.1 Å². The number of hydrogen-bond acceptors (Lipinski definition) is 24. The fourth-order valence-electron chi connectivity index (χ4n) is 8.27. The molecule has 80 heavy (non-hydrogen) atoms. The number of nitrogens with zero attached hydrogens (tertiary/aromatic N) is 6. The Hall–Kier alpha value is -4.03. The van der Waals surface area contributed by atoms with Crippen LogP contribution in [0.4, 0.5) is 10.6 Å². The Morgan fingerprint density at radius 2 is 1.46 bits per heavy atom. The normalized spacial score (nSPS) is 22.8. The lowest BCUT2D eigenvalue weighted by Gasteiger charge is -2.24. The van der Waals surface area contributed by atoms with Crippen LogP contribution >= 0.6 is 52.9 Å². The first-order valence-corrected chi connectivity index (χ1v) is 32.8. The van der Waals surface area contributed by atoms with E-state index >= 15 is 0 Å². The molecule has 1 saturated carbocycles. The Balaban J connectivity index is 0.899. The van der Waals surface area contributed by atoms with Crippen molar-refractivity contribution in [3.8, 4) is 0 Å². The van der Waals surface area contributed by atoms with Gasteiger partial charge in [0.2, 0.25) is 11.8 Å². The van der Waals surface area contributed by atoms with Gasteiger partial charge in [-0.15, -0.1) is 0 Å². The average Bonchev–Trinajstić information content (AvgIpc) is 4.10. The molecule has 3 aromatic rings. The molecule has 0 bridgehead atoms. The Morgan fingerprint density at radius 1 is 0.787 bits per heavy atom.